The lowest BCUT2D eigenvalue weighted by Gasteiger charge is -2.08. The van der Waals surface area contributed by atoms with Crippen LogP contribution >= 0.6 is 11.8 Å². The van der Waals surface area contributed by atoms with Crippen LogP contribution < -0.4 is 10.6 Å². The van der Waals surface area contributed by atoms with Crippen LogP contribution in [0.2, 0.25) is 0 Å². The van der Waals surface area contributed by atoms with Crippen molar-refractivity contribution in [1.29, 1.82) is 0 Å². The van der Waals surface area contributed by atoms with Crippen LogP contribution in [0.25, 0.3) is 0 Å². The molecular weight excluding hydrogens is 360 g/mol. The third-order valence-electron chi connectivity index (χ3n) is 2.94. The highest BCUT2D eigenvalue weighted by atomic mass is 32.2. The average molecular weight is 372 g/mol. The molecule has 2 N–H and O–H groups in total. The smallest absolute Gasteiger partial charge is 0.243 e. The number of hydrogen-bond donors (Lipinski definition) is 2. The van der Waals surface area contributed by atoms with Gasteiger partial charge in [0.05, 0.1) is 18.0 Å². The quantitative estimate of drug-likeness (QED) is 0.466. The van der Waals surface area contributed by atoms with E-state index in [0.29, 0.717) is 11.0 Å². The minimum Gasteiger partial charge on any atom is -0.346 e. The molecule has 0 spiro atoms. The lowest BCUT2D eigenvalue weighted by atomic mass is 10.2. The van der Waals surface area contributed by atoms with E-state index in [1.54, 1.807) is 0 Å². The minimum atomic E-state index is -1.70. The number of thioether (sulfide) groups is 1. The van der Waals surface area contributed by atoms with E-state index in [1.807, 2.05) is 5.32 Å². The summed E-state index contributed by atoms with van der Waals surface area (Å²) < 4.78 is 52.0. The van der Waals surface area contributed by atoms with E-state index in [-0.39, 0.29) is 5.75 Å². The Morgan fingerprint density at radius 3 is 2.24 bits per heavy atom. The number of anilines is 1. The first-order valence-electron chi connectivity index (χ1n) is 6.95. The molecule has 0 aliphatic heterocycles. The molecule has 132 valence electrons. The molecule has 0 radical (unpaired) electrons. The Bertz CT molecular complexity index is 784. The third kappa shape index (κ3) is 5.49. The van der Waals surface area contributed by atoms with Crippen molar-refractivity contribution in [1.82, 2.24) is 5.32 Å². The Kier molecular flexibility index (Phi) is 6.40. The fourth-order valence-corrected chi connectivity index (χ4v) is 2.45. The first-order valence-corrected chi connectivity index (χ1v) is 7.94. The fraction of sp³-hybridized carbons (Fsp3) is 0.125. The van der Waals surface area contributed by atoms with E-state index in [4.69, 9.17) is 0 Å². The molecule has 0 aromatic heterocycles. The van der Waals surface area contributed by atoms with Gasteiger partial charge >= 0.3 is 0 Å². The molecule has 0 saturated heterocycles. The Hall–Kier alpha value is -2.55. The highest BCUT2D eigenvalue weighted by Gasteiger charge is 2.15. The zero-order valence-electron chi connectivity index (χ0n) is 12.6. The van der Waals surface area contributed by atoms with Crippen molar-refractivity contribution in [2.45, 2.75) is 4.90 Å². The van der Waals surface area contributed by atoms with Crippen LogP contribution in [-0.4, -0.2) is 24.1 Å². The summed E-state index contributed by atoms with van der Waals surface area (Å²) in [6, 6.07) is 7.07. The SMILES string of the molecule is O=C(CSc1ccc(F)cc1)NCC(=O)Nc1ccc(F)c(F)c1F. The number of halogens is 4. The van der Waals surface area contributed by atoms with Crippen LogP contribution in [0, 0.1) is 23.3 Å². The normalized spacial score (nSPS) is 10.4. The summed E-state index contributed by atoms with van der Waals surface area (Å²) in [6.07, 6.45) is 0. The first-order chi connectivity index (χ1) is 11.9. The molecule has 2 amide bonds. The zero-order chi connectivity index (χ0) is 18.4. The van der Waals surface area contributed by atoms with Crippen LogP contribution in [0.4, 0.5) is 23.2 Å². The number of amides is 2. The molecule has 2 rings (SSSR count). The Morgan fingerprint density at radius 2 is 1.56 bits per heavy atom. The van der Waals surface area contributed by atoms with E-state index in [9.17, 15) is 27.2 Å². The summed E-state index contributed by atoms with van der Waals surface area (Å²) in [5, 5.41) is 4.32. The largest absolute Gasteiger partial charge is 0.346 e. The fourth-order valence-electron chi connectivity index (χ4n) is 1.73. The summed E-state index contributed by atoms with van der Waals surface area (Å²) in [5.41, 5.74) is -0.529. The summed E-state index contributed by atoms with van der Waals surface area (Å²) in [6.45, 7) is -0.471. The summed E-state index contributed by atoms with van der Waals surface area (Å²) in [5.74, 6) is -6.28. The van der Waals surface area contributed by atoms with Gasteiger partial charge in [-0.25, -0.2) is 17.6 Å². The predicted octanol–water partition coefficient (Wildman–Crippen LogP) is 3.09. The van der Waals surface area contributed by atoms with Crippen LogP contribution in [0.15, 0.2) is 41.3 Å². The van der Waals surface area contributed by atoms with Crippen molar-refractivity contribution in [2.75, 3.05) is 17.6 Å². The molecule has 0 aliphatic rings. The Labute approximate surface area is 144 Å². The molecule has 0 bridgehead atoms. The molecule has 4 nitrogen and oxygen atoms in total. The van der Waals surface area contributed by atoms with Gasteiger partial charge in [0.25, 0.3) is 0 Å². The molecule has 0 aliphatic carbocycles. The topological polar surface area (TPSA) is 58.2 Å². The lowest BCUT2D eigenvalue weighted by Crippen LogP contribution is -2.34. The first kappa shape index (κ1) is 18.8. The van der Waals surface area contributed by atoms with Crippen molar-refractivity contribution in [3.8, 4) is 0 Å². The number of carbonyl (C=O) groups is 2. The van der Waals surface area contributed by atoms with Gasteiger partial charge in [-0.2, -0.15) is 0 Å². The molecule has 2 aromatic carbocycles. The third-order valence-corrected chi connectivity index (χ3v) is 3.95. The number of benzene rings is 2. The molecule has 25 heavy (non-hydrogen) atoms. The molecule has 0 atom stereocenters. The molecule has 9 heteroatoms. The van der Waals surface area contributed by atoms with Gasteiger partial charge in [-0.1, -0.05) is 0 Å². The molecule has 0 saturated carbocycles. The summed E-state index contributed by atoms with van der Waals surface area (Å²) >= 11 is 1.14. The van der Waals surface area contributed by atoms with Crippen LogP contribution in [0.1, 0.15) is 0 Å². The Morgan fingerprint density at radius 1 is 0.880 bits per heavy atom. The highest BCUT2D eigenvalue weighted by Crippen LogP contribution is 2.19. The number of hydrogen-bond acceptors (Lipinski definition) is 3. The Balaban J connectivity index is 1.78. The van der Waals surface area contributed by atoms with Gasteiger partial charge in [-0.05, 0) is 36.4 Å². The number of carbonyl (C=O) groups excluding carboxylic acids is 2. The lowest BCUT2D eigenvalue weighted by molar-refractivity contribution is -0.122. The van der Waals surface area contributed by atoms with Gasteiger partial charge < -0.3 is 10.6 Å². The van der Waals surface area contributed by atoms with E-state index >= 15 is 0 Å². The van der Waals surface area contributed by atoms with Crippen molar-refractivity contribution >= 4 is 29.3 Å². The maximum Gasteiger partial charge on any atom is 0.243 e. The second kappa shape index (κ2) is 8.52. The maximum atomic E-state index is 13.4. The van der Waals surface area contributed by atoms with Crippen LogP contribution in [0.3, 0.4) is 0 Å². The van der Waals surface area contributed by atoms with Crippen molar-refractivity contribution in [3.63, 3.8) is 0 Å². The average Bonchev–Trinajstić information content (AvgIpc) is 2.60. The molecular formula is C16H12F4N2O2S. The maximum absolute atomic E-state index is 13.4. The highest BCUT2D eigenvalue weighted by molar-refractivity contribution is 8.00. The number of nitrogens with one attached hydrogen (secondary N) is 2. The van der Waals surface area contributed by atoms with Gasteiger partial charge in [0.2, 0.25) is 11.8 Å². The van der Waals surface area contributed by atoms with Crippen LogP contribution in [-0.2, 0) is 9.59 Å². The van der Waals surface area contributed by atoms with Gasteiger partial charge in [0, 0.05) is 4.90 Å². The second-order valence-corrected chi connectivity index (χ2v) is 5.84. The zero-order valence-corrected chi connectivity index (χ0v) is 13.4. The van der Waals surface area contributed by atoms with Gasteiger partial charge in [-0.3, -0.25) is 9.59 Å². The standard InChI is InChI=1S/C16H12F4N2O2S/c17-9-1-3-10(4-2-9)25-8-14(24)21-7-13(23)22-12-6-5-11(18)15(19)16(12)20/h1-6H,7-8H2,(H,21,24)(H,22,23). The second-order valence-electron chi connectivity index (χ2n) is 4.79. The van der Waals surface area contributed by atoms with Crippen molar-refractivity contribution < 1.29 is 27.2 Å². The molecule has 0 heterocycles. The molecule has 0 unspecified atom stereocenters. The molecule has 0 fully saturated rings. The van der Waals surface area contributed by atoms with Crippen LogP contribution in [0.5, 0.6) is 0 Å². The number of rotatable bonds is 6. The van der Waals surface area contributed by atoms with E-state index in [2.05, 4.69) is 5.32 Å². The minimum absolute atomic E-state index is 0.0154. The van der Waals surface area contributed by atoms with Gasteiger partial charge in [-0.15, -0.1) is 11.8 Å². The monoisotopic (exact) mass is 372 g/mol. The van der Waals surface area contributed by atoms with Crippen molar-refractivity contribution in [2.24, 2.45) is 0 Å². The van der Waals surface area contributed by atoms with Crippen molar-refractivity contribution in [3.05, 3.63) is 59.7 Å². The van der Waals surface area contributed by atoms with E-state index in [1.165, 1.54) is 24.3 Å². The van der Waals surface area contributed by atoms with Gasteiger partial charge in [0.15, 0.2) is 17.5 Å². The van der Waals surface area contributed by atoms with Gasteiger partial charge in [0.1, 0.15) is 5.82 Å². The predicted molar refractivity (Wildman–Crippen MR) is 85.1 cm³/mol. The van der Waals surface area contributed by atoms with E-state index in [0.717, 1.165) is 17.8 Å². The van der Waals surface area contributed by atoms with E-state index < -0.39 is 47.3 Å². The summed E-state index contributed by atoms with van der Waals surface area (Å²) in [7, 11) is 0. The summed E-state index contributed by atoms with van der Waals surface area (Å²) in [4.78, 5) is 23.9. The molecule has 2 aromatic rings.